The summed E-state index contributed by atoms with van der Waals surface area (Å²) in [5.74, 6) is 0.451. The molecule has 0 spiro atoms. The molecule has 4 N–H and O–H groups in total. The fourth-order valence-electron chi connectivity index (χ4n) is 5.32. The molecule has 2 aromatic carbocycles. The van der Waals surface area contributed by atoms with E-state index in [4.69, 9.17) is 0 Å². The lowest BCUT2D eigenvalue weighted by molar-refractivity contribution is -0.135. The van der Waals surface area contributed by atoms with Gasteiger partial charge in [-0.15, -0.1) is 0 Å². The van der Waals surface area contributed by atoms with Gasteiger partial charge in [-0.1, -0.05) is 62.6 Å². The number of piperidine rings is 2. The highest BCUT2D eigenvalue weighted by Crippen LogP contribution is 2.17. The first kappa shape index (κ1) is 36.8. The van der Waals surface area contributed by atoms with Crippen LogP contribution >= 0.6 is 0 Å². The van der Waals surface area contributed by atoms with Crippen molar-refractivity contribution in [2.45, 2.75) is 85.2 Å². The van der Waals surface area contributed by atoms with Crippen LogP contribution in [0.4, 0.5) is 21.0 Å². The average Bonchev–Trinajstić information content (AvgIpc) is 3.03. The molecule has 12 heteroatoms. The highest BCUT2D eigenvalue weighted by atomic mass is 32.2. The van der Waals surface area contributed by atoms with Crippen molar-refractivity contribution in [3.05, 3.63) is 59.7 Å². The van der Waals surface area contributed by atoms with Crippen molar-refractivity contribution in [3.63, 3.8) is 0 Å². The highest BCUT2D eigenvalue weighted by Gasteiger charge is 2.28. The number of benzene rings is 2. The molecule has 2 aliphatic heterocycles. The average molecular weight is 657 g/mol. The minimum Gasteiger partial charge on any atom is -0.342 e. The number of urea groups is 2. The van der Waals surface area contributed by atoms with Crippen LogP contribution < -0.4 is 21.3 Å². The predicted octanol–water partition coefficient (Wildman–Crippen LogP) is 5.47. The lowest BCUT2D eigenvalue weighted by Crippen LogP contribution is -2.48. The number of hydrogen-bond acceptors (Lipinski definition) is 5. The molecular formula is C34H52N6O5S. The first-order valence-corrected chi connectivity index (χ1v) is 18.0. The zero-order valence-corrected chi connectivity index (χ0v) is 28.8. The van der Waals surface area contributed by atoms with Crippen LogP contribution in [0.5, 0.6) is 0 Å². The van der Waals surface area contributed by atoms with Gasteiger partial charge in [-0.05, 0) is 70.2 Å². The van der Waals surface area contributed by atoms with Gasteiger partial charge in [0.2, 0.25) is 15.9 Å². The Morgan fingerprint density at radius 2 is 1.15 bits per heavy atom. The Hall–Kier alpha value is -3.64. The van der Waals surface area contributed by atoms with E-state index in [-0.39, 0.29) is 41.7 Å². The maximum Gasteiger partial charge on any atom is 0.319 e. The van der Waals surface area contributed by atoms with Crippen molar-refractivity contribution in [1.82, 2.24) is 19.8 Å². The van der Waals surface area contributed by atoms with Crippen molar-refractivity contribution in [1.29, 1.82) is 0 Å². The van der Waals surface area contributed by atoms with Crippen molar-refractivity contribution >= 4 is 39.4 Å². The van der Waals surface area contributed by atoms with E-state index in [0.29, 0.717) is 45.4 Å². The Morgan fingerprint density at radius 1 is 0.739 bits per heavy atom. The third-order valence-electron chi connectivity index (χ3n) is 8.19. The van der Waals surface area contributed by atoms with Crippen LogP contribution in [0.3, 0.4) is 0 Å². The minimum atomic E-state index is -3.15. The Bertz CT molecular complexity index is 1370. The van der Waals surface area contributed by atoms with E-state index < -0.39 is 10.0 Å². The summed E-state index contributed by atoms with van der Waals surface area (Å²) in [4.78, 5) is 37.8. The predicted molar refractivity (Wildman–Crippen MR) is 184 cm³/mol. The Balaban J connectivity index is 0.000000251. The van der Waals surface area contributed by atoms with Gasteiger partial charge >= 0.3 is 12.1 Å². The van der Waals surface area contributed by atoms with Gasteiger partial charge in [0.25, 0.3) is 0 Å². The molecule has 2 aliphatic rings. The van der Waals surface area contributed by atoms with Gasteiger partial charge in [0.1, 0.15) is 0 Å². The van der Waals surface area contributed by atoms with Gasteiger partial charge in [-0.25, -0.2) is 22.3 Å². The SMILES string of the molecule is CCCCS(=O)(=O)N1CCC(NC(=O)Nc2ccc(C)cc2)CC1.Cc1ccc(NC(=O)NC2CCN(C(=O)C(C)C)CC2)cc1. The van der Waals surface area contributed by atoms with E-state index in [1.807, 2.05) is 88.0 Å². The molecule has 0 unspecified atom stereocenters. The van der Waals surface area contributed by atoms with Crippen LogP contribution in [0.1, 0.15) is 70.4 Å². The molecule has 0 radical (unpaired) electrons. The number of rotatable bonds is 9. The first-order valence-electron chi connectivity index (χ1n) is 16.4. The summed E-state index contributed by atoms with van der Waals surface area (Å²) in [6.45, 7) is 12.2. The zero-order chi connectivity index (χ0) is 33.7. The summed E-state index contributed by atoms with van der Waals surface area (Å²) in [6, 6.07) is 15.0. The number of amides is 5. The summed E-state index contributed by atoms with van der Waals surface area (Å²) in [5.41, 5.74) is 3.83. The summed E-state index contributed by atoms with van der Waals surface area (Å²) < 4.78 is 25.9. The number of sulfonamides is 1. The molecule has 2 aromatic rings. The van der Waals surface area contributed by atoms with Gasteiger partial charge in [-0.2, -0.15) is 0 Å². The maximum absolute atomic E-state index is 12.2. The second-order valence-electron chi connectivity index (χ2n) is 12.5. The third-order valence-corrected chi connectivity index (χ3v) is 10.1. The molecule has 2 saturated heterocycles. The standard InChI is InChI=1S/C17H27N3O3S.C17H25N3O2/c1-3-4-13-24(22,23)20-11-9-16(10-12-20)19-17(21)18-15-7-5-14(2)6-8-15;1-12(2)16(21)20-10-8-15(9-11-20)19-17(22)18-14-6-4-13(3)5-7-14/h5-8,16H,3-4,9-13H2,1-2H3,(H2,18,19,21);4-7,12,15H,8-11H2,1-3H3,(H2,18,19,22). The second-order valence-corrected chi connectivity index (χ2v) is 14.6. The van der Waals surface area contributed by atoms with E-state index in [1.54, 1.807) is 4.31 Å². The highest BCUT2D eigenvalue weighted by molar-refractivity contribution is 7.89. The van der Waals surface area contributed by atoms with Crippen LogP contribution in [-0.4, -0.2) is 79.6 Å². The van der Waals surface area contributed by atoms with Crippen molar-refractivity contribution in [2.24, 2.45) is 5.92 Å². The molecule has 11 nitrogen and oxygen atoms in total. The quantitative estimate of drug-likeness (QED) is 0.283. The minimum absolute atomic E-state index is 0.00748. The lowest BCUT2D eigenvalue weighted by Gasteiger charge is -2.33. The molecule has 254 valence electrons. The van der Waals surface area contributed by atoms with Crippen LogP contribution in [0.15, 0.2) is 48.5 Å². The first-order chi connectivity index (χ1) is 21.9. The molecule has 0 atom stereocenters. The number of carbonyl (C=O) groups excluding carboxylic acids is 3. The van der Waals surface area contributed by atoms with Gasteiger partial charge < -0.3 is 26.2 Å². The van der Waals surface area contributed by atoms with Crippen LogP contribution in [-0.2, 0) is 14.8 Å². The molecule has 4 rings (SSSR count). The number of anilines is 2. The van der Waals surface area contributed by atoms with Gasteiger partial charge in [-0.3, -0.25) is 4.79 Å². The van der Waals surface area contributed by atoms with E-state index in [1.165, 1.54) is 0 Å². The maximum atomic E-state index is 12.2. The molecule has 0 aromatic heterocycles. The second kappa shape index (κ2) is 17.9. The summed E-state index contributed by atoms with van der Waals surface area (Å²) in [6.07, 6.45) is 4.47. The topological polar surface area (TPSA) is 140 Å². The van der Waals surface area contributed by atoms with E-state index in [0.717, 1.165) is 41.8 Å². The smallest absolute Gasteiger partial charge is 0.319 e. The molecule has 5 amide bonds. The normalized spacial score (nSPS) is 16.3. The molecule has 0 bridgehead atoms. The van der Waals surface area contributed by atoms with Crippen molar-refractivity contribution in [2.75, 3.05) is 42.6 Å². The molecule has 2 heterocycles. The lowest BCUT2D eigenvalue weighted by atomic mass is 10.0. The third kappa shape index (κ3) is 12.3. The Morgan fingerprint density at radius 3 is 1.54 bits per heavy atom. The molecule has 2 fully saturated rings. The number of nitrogens with one attached hydrogen (secondary N) is 4. The van der Waals surface area contributed by atoms with Crippen LogP contribution in [0.2, 0.25) is 0 Å². The summed E-state index contributed by atoms with van der Waals surface area (Å²) >= 11 is 0. The number of aryl methyl sites for hydroxylation is 2. The largest absolute Gasteiger partial charge is 0.342 e. The summed E-state index contributed by atoms with van der Waals surface area (Å²) in [5, 5.41) is 11.6. The van der Waals surface area contributed by atoms with Gasteiger partial charge in [0.05, 0.1) is 5.75 Å². The van der Waals surface area contributed by atoms with Crippen molar-refractivity contribution < 1.29 is 22.8 Å². The fourth-order valence-corrected chi connectivity index (χ4v) is 7.00. The molecule has 0 aliphatic carbocycles. The number of carbonyl (C=O) groups is 3. The Labute approximate surface area is 274 Å². The zero-order valence-electron chi connectivity index (χ0n) is 28.0. The van der Waals surface area contributed by atoms with E-state index >= 15 is 0 Å². The van der Waals surface area contributed by atoms with E-state index in [9.17, 15) is 22.8 Å². The van der Waals surface area contributed by atoms with Gasteiger partial charge in [0, 0.05) is 55.6 Å². The van der Waals surface area contributed by atoms with Gasteiger partial charge in [0.15, 0.2) is 0 Å². The number of hydrogen-bond donors (Lipinski definition) is 4. The molecule has 46 heavy (non-hydrogen) atoms. The fraction of sp³-hybridized carbons (Fsp3) is 0.559. The summed E-state index contributed by atoms with van der Waals surface area (Å²) in [7, 11) is -3.15. The molecular weight excluding hydrogens is 604 g/mol. The van der Waals surface area contributed by atoms with Crippen molar-refractivity contribution in [3.8, 4) is 0 Å². The van der Waals surface area contributed by atoms with E-state index in [2.05, 4.69) is 21.3 Å². The monoisotopic (exact) mass is 656 g/mol. The number of unbranched alkanes of at least 4 members (excludes halogenated alkanes) is 1. The van der Waals surface area contributed by atoms with Crippen LogP contribution in [0.25, 0.3) is 0 Å². The van der Waals surface area contributed by atoms with Crippen LogP contribution in [0, 0.1) is 19.8 Å². The Kier molecular flexibility index (Phi) is 14.3. The number of likely N-dealkylation sites (tertiary alicyclic amines) is 1. The molecule has 0 saturated carbocycles. The number of nitrogens with zero attached hydrogens (tertiary/aromatic N) is 2.